The predicted molar refractivity (Wildman–Crippen MR) is 139 cm³/mol. The second kappa shape index (κ2) is 12.0. The van der Waals surface area contributed by atoms with Crippen LogP contribution >= 0.6 is 24.0 Å². The molecular formula is C24H28IN7. The Kier molecular flexibility index (Phi) is 8.85. The Hall–Kier alpha value is -3.14. The summed E-state index contributed by atoms with van der Waals surface area (Å²) in [5.41, 5.74) is 4.59. The molecule has 2 heterocycles. The number of aliphatic imine (C=N–C) groups is 1. The number of hydrogen-bond acceptors (Lipinski definition) is 3. The largest absolute Gasteiger partial charge is 0.356 e. The van der Waals surface area contributed by atoms with Crippen molar-refractivity contribution in [3.63, 3.8) is 0 Å². The highest BCUT2D eigenvalue weighted by Crippen LogP contribution is 2.09. The van der Waals surface area contributed by atoms with Crippen molar-refractivity contribution in [2.75, 3.05) is 20.1 Å². The lowest BCUT2D eigenvalue weighted by Crippen LogP contribution is -2.39. The third kappa shape index (κ3) is 6.43. The first-order valence-corrected chi connectivity index (χ1v) is 10.4. The fourth-order valence-electron chi connectivity index (χ4n) is 3.32. The van der Waals surface area contributed by atoms with E-state index in [0.29, 0.717) is 0 Å². The molecule has 4 rings (SSSR count). The Morgan fingerprint density at radius 3 is 2.16 bits per heavy atom. The van der Waals surface area contributed by atoms with Crippen molar-refractivity contribution in [3.05, 3.63) is 96.6 Å². The molecule has 32 heavy (non-hydrogen) atoms. The van der Waals surface area contributed by atoms with E-state index in [4.69, 9.17) is 0 Å². The normalized spacial score (nSPS) is 11.1. The number of aromatic nitrogens is 4. The van der Waals surface area contributed by atoms with Crippen molar-refractivity contribution in [1.82, 2.24) is 30.2 Å². The molecule has 0 aliphatic carbocycles. The highest BCUT2D eigenvalue weighted by Gasteiger charge is 2.03. The van der Waals surface area contributed by atoms with E-state index >= 15 is 0 Å². The molecule has 0 aliphatic rings. The zero-order valence-electron chi connectivity index (χ0n) is 18.1. The Morgan fingerprint density at radius 1 is 0.812 bits per heavy atom. The summed E-state index contributed by atoms with van der Waals surface area (Å²) in [7, 11) is 1.79. The third-order valence-corrected chi connectivity index (χ3v) is 5.00. The minimum Gasteiger partial charge on any atom is -0.356 e. The summed E-state index contributed by atoms with van der Waals surface area (Å²) in [6.07, 6.45) is 9.51. The zero-order chi connectivity index (χ0) is 21.3. The number of hydrogen-bond donors (Lipinski definition) is 2. The fourth-order valence-corrected chi connectivity index (χ4v) is 3.32. The van der Waals surface area contributed by atoms with Crippen molar-refractivity contribution in [1.29, 1.82) is 0 Å². The second-order valence-electron chi connectivity index (χ2n) is 7.17. The van der Waals surface area contributed by atoms with Crippen LogP contribution in [0.3, 0.4) is 0 Å². The zero-order valence-corrected chi connectivity index (χ0v) is 20.4. The van der Waals surface area contributed by atoms with Gasteiger partial charge in [-0.2, -0.15) is 10.2 Å². The maximum atomic E-state index is 4.45. The van der Waals surface area contributed by atoms with Crippen LogP contribution in [0.1, 0.15) is 11.1 Å². The number of nitrogens with one attached hydrogen (secondary N) is 2. The molecule has 0 fully saturated rings. The minimum absolute atomic E-state index is 0. The first kappa shape index (κ1) is 23.5. The summed E-state index contributed by atoms with van der Waals surface area (Å²) in [5.74, 6) is 0.809. The Labute approximate surface area is 205 Å². The Balaban J connectivity index is 0.00000289. The molecule has 0 bridgehead atoms. The lowest BCUT2D eigenvalue weighted by Gasteiger charge is -2.11. The molecule has 0 amide bonds. The van der Waals surface area contributed by atoms with E-state index in [2.05, 4.69) is 56.3 Å². The van der Waals surface area contributed by atoms with E-state index in [1.807, 2.05) is 58.2 Å². The van der Waals surface area contributed by atoms with Crippen molar-refractivity contribution in [2.45, 2.75) is 12.8 Å². The number of rotatable bonds is 8. The van der Waals surface area contributed by atoms with E-state index in [1.54, 1.807) is 13.2 Å². The van der Waals surface area contributed by atoms with Crippen LogP contribution in [0.4, 0.5) is 0 Å². The van der Waals surface area contributed by atoms with Crippen LogP contribution in [0.2, 0.25) is 0 Å². The molecule has 8 heteroatoms. The SMILES string of the molecule is CN=C(NCCc1ccc(-n2cccn2)cc1)NCCc1cnn(-c2ccccc2)c1.I. The van der Waals surface area contributed by atoms with Gasteiger partial charge in [-0.25, -0.2) is 9.36 Å². The average molecular weight is 541 g/mol. The van der Waals surface area contributed by atoms with Crippen molar-refractivity contribution in [3.8, 4) is 11.4 Å². The van der Waals surface area contributed by atoms with Crippen molar-refractivity contribution < 1.29 is 0 Å². The molecule has 2 aromatic heterocycles. The molecule has 2 aromatic carbocycles. The van der Waals surface area contributed by atoms with Gasteiger partial charge >= 0.3 is 0 Å². The van der Waals surface area contributed by atoms with Gasteiger partial charge < -0.3 is 10.6 Å². The van der Waals surface area contributed by atoms with Crippen LogP contribution in [0, 0.1) is 0 Å². The number of benzene rings is 2. The van der Waals surface area contributed by atoms with Gasteiger partial charge in [0.1, 0.15) is 0 Å². The molecule has 0 radical (unpaired) electrons. The first-order valence-electron chi connectivity index (χ1n) is 10.4. The summed E-state index contributed by atoms with van der Waals surface area (Å²) in [6, 6.07) is 20.5. The van der Waals surface area contributed by atoms with Crippen molar-refractivity contribution in [2.24, 2.45) is 4.99 Å². The average Bonchev–Trinajstić information content (AvgIpc) is 3.52. The fraction of sp³-hybridized carbons (Fsp3) is 0.208. The van der Waals surface area contributed by atoms with Crippen LogP contribution in [0.15, 0.2) is 90.4 Å². The molecule has 4 aromatic rings. The summed E-state index contributed by atoms with van der Waals surface area (Å²) in [6.45, 7) is 1.60. The second-order valence-corrected chi connectivity index (χ2v) is 7.17. The number of halogens is 1. The number of nitrogens with zero attached hydrogens (tertiary/aromatic N) is 5. The molecule has 7 nitrogen and oxygen atoms in total. The van der Waals surface area contributed by atoms with Gasteiger partial charge in [-0.3, -0.25) is 4.99 Å². The van der Waals surface area contributed by atoms with Crippen LogP contribution in [0.5, 0.6) is 0 Å². The number of para-hydroxylation sites is 1. The van der Waals surface area contributed by atoms with Crippen LogP contribution in [-0.2, 0) is 12.8 Å². The number of guanidine groups is 1. The maximum absolute atomic E-state index is 4.45. The lowest BCUT2D eigenvalue weighted by molar-refractivity contribution is 0.783. The molecule has 0 unspecified atom stereocenters. The quantitative estimate of drug-likeness (QED) is 0.203. The smallest absolute Gasteiger partial charge is 0.190 e. The summed E-state index contributed by atoms with van der Waals surface area (Å²) in [4.78, 5) is 4.31. The summed E-state index contributed by atoms with van der Waals surface area (Å²) < 4.78 is 3.76. The van der Waals surface area contributed by atoms with E-state index < -0.39 is 0 Å². The highest BCUT2D eigenvalue weighted by atomic mass is 127. The molecular weight excluding hydrogens is 513 g/mol. The molecule has 0 atom stereocenters. The van der Waals surface area contributed by atoms with E-state index in [9.17, 15) is 0 Å². The first-order chi connectivity index (χ1) is 15.3. The van der Waals surface area contributed by atoms with Gasteiger partial charge in [-0.1, -0.05) is 30.3 Å². The third-order valence-electron chi connectivity index (χ3n) is 5.00. The topological polar surface area (TPSA) is 72.1 Å². The van der Waals surface area contributed by atoms with Crippen LogP contribution in [-0.4, -0.2) is 45.7 Å². The lowest BCUT2D eigenvalue weighted by atomic mass is 10.1. The van der Waals surface area contributed by atoms with Crippen LogP contribution < -0.4 is 10.6 Å². The van der Waals surface area contributed by atoms with Gasteiger partial charge in [0.05, 0.1) is 17.6 Å². The molecule has 0 saturated carbocycles. The van der Waals surface area contributed by atoms with E-state index in [1.165, 1.54) is 11.1 Å². The van der Waals surface area contributed by atoms with Gasteiger partial charge in [0.25, 0.3) is 0 Å². The molecule has 0 spiro atoms. The minimum atomic E-state index is 0. The molecule has 0 aliphatic heterocycles. The van der Waals surface area contributed by atoms with Gasteiger partial charge in [-0.15, -0.1) is 24.0 Å². The van der Waals surface area contributed by atoms with E-state index in [-0.39, 0.29) is 24.0 Å². The Bertz CT molecular complexity index is 1090. The maximum Gasteiger partial charge on any atom is 0.190 e. The van der Waals surface area contributed by atoms with Crippen LogP contribution in [0.25, 0.3) is 11.4 Å². The van der Waals surface area contributed by atoms with Gasteiger partial charge in [0.15, 0.2) is 5.96 Å². The van der Waals surface area contributed by atoms with Gasteiger partial charge in [-0.05, 0) is 54.3 Å². The van der Waals surface area contributed by atoms with Gasteiger partial charge in [0, 0.05) is 38.7 Å². The van der Waals surface area contributed by atoms with E-state index in [0.717, 1.165) is 43.3 Å². The summed E-state index contributed by atoms with van der Waals surface area (Å²) in [5, 5.41) is 15.5. The van der Waals surface area contributed by atoms with Gasteiger partial charge in [0.2, 0.25) is 0 Å². The highest BCUT2D eigenvalue weighted by molar-refractivity contribution is 14.0. The van der Waals surface area contributed by atoms with Crippen molar-refractivity contribution >= 4 is 29.9 Å². The summed E-state index contributed by atoms with van der Waals surface area (Å²) >= 11 is 0. The monoisotopic (exact) mass is 541 g/mol. The molecule has 166 valence electrons. The Morgan fingerprint density at radius 2 is 1.50 bits per heavy atom. The standard InChI is InChI=1S/C24H27N7.HI/c1-25-24(26-15-12-20-8-10-23(11-9-20)30-17-5-14-28-30)27-16-13-21-18-29-31(19-21)22-6-3-2-4-7-22;/h2-11,14,17-19H,12-13,15-16H2,1H3,(H2,25,26,27);1H. The molecule has 0 saturated heterocycles. The predicted octanol–water partition coefficient (Wildman–Crippen LogP) is 3.63. The molecule has 2 N–H and O–H groups in total.